The van der Waals surface area contributed by atoms with Crippen molar-refractivity contribution in [1.82, 2.24) is 9.99 Å². The predicted molar refractivity (Wildman–Crippen MR) is 151 cm³/mol. The average molecular weight is 565 g/mol. The minimum absolute atomic E-state index is 0.0115. The van der Waals surface area contributed by atoms with Crippen LogP contribution in [0.15, 0.2) is 88.9 Å². The first kappa shape index (κ1) is 28.4. The summed E-state index contributed by atoms with van der Waals surface area (Å²) in [6.07, 6.45) is 1.48. The maximum Gasteiger partial charge on any atom is 0.264 e. The smallest absolute Gasteiger partial charge is 0.264 e. The molecule has 1 heterocycles. The van der Waals surface area contributed by atoms with Gasteiger partial charge in [0.1, 0.15) is 23.9 Å². The zero-order valence-electron chi connectivity index (χ0n) is 22.5. The van der Waals surface area contributed by atoms with Gasteiger partial charge in [-0.2, -0.15) is 5.10 Å². The van der Waals surface area contributed by atoms with E-state index in [0.29, 0.717) is 5.75 Å². The fraction of sp³-hybridized carbons (Fsp3) is 0.172. The highest BCUT2D eigenvalue weighted by Crippen LogP contribution is 2.35. The van der Waals surface area contributed by atoms with Crippen LogP contribution >= 0.6 is 0 Å². The molecule has 4 aromatic rings. The summed E-state index contributed by atoms with van der Waals surface area (Å²) in [5.41, 5.74) is 5.82. The Morgan fingerprint density at radius 1 is 1.00 bits per heavy atom. The second kappa shape index (κ2) is 12.0. The maximum atomic E-state index is 13.6. The van der Waals surface area contributed by atoms with Gasteiger partial charge in [-0.1, -0.05) is 18.2 Å². The molecule has 0 saturated carbocycles. The molecule has 4 rings (SSSR count). The van der Waals surface area contributed by atoms with Crippen LogP contribution in [0, 0.1) is 19.7 Å². The number of anilines is 1. The number of amides is 1. The lowest BCUT2D eigenvalue weighted by molar-refractivity contribution is -0.119. The van der Waals surface area contributed by atoms with Crippen molar-refractivity contribution in [3.05, 3.63) is 102 Å². The number of hydrogen-bond acceptors (Lipinski definition) is 6. The number of rotatable bonds is 10. The van der Waals surface area contributed by atoms with E-state index in [0.717, 1.165) is 26.9 Å². The molecule has 208 valence electrons. The van der Waals surface area contributed by atoms with Crippen molar-refractivity contribution in [3.63, 3.8) is 0 Å². The normalized spacial score (nSPS) is 11.4. The summed E-state index contributed by atoms with van der Waals surface area (Å²) in [4.78, 5) is 13.0. The predicted octanol–water partition coefficient (Wildman–Crippen LogP) is 4.60. The fourth-order valence-electron chi connectivity index (χ4n) is 4.26. The number of methoxy groups -OCH3 is 2. The molecule has 0 atom stereocenters. The molecule has 11 heteroatoms. The number of aromatic nitrogens is 1. The number of nitrogens with one attached hydrogen (secondary N) is 1. The number of carbonyl (C=O) groups excluding carboxylic acids is 1. The Morgan fingerprint density at radius 3 is 2.35 bits per heavy atom. The number of hydrogen-bond donors (Lipinski definition) is 1. The summed E-state index contributed by atoms with van der Waals surface area (Å²) in [6, 6.07) is 20.4. The van der Waals surface area contributed by atoms with Gasteiger partial charge in [0.15, 0.2) is 0 Å². The van der Waals surface area contributed by atoms with Gasteiger partial charge in [-0.3, -0.25) is 9.10 Å². The van der Waals surface area contributed by atoms with Crippen LogP contribution in [-0.4, -0.2) is 45.9 Å². The number of carbonyl (C=O) groups is 1. The van der Waals surface area contributed by atoms with Crippen molar-refractivity contribution in [2.45, 2.75) is 18.7 Å². The van der Waals surface area contributed by atoms with Crippen LogP contribution in [0.25, 0.3) is 5.69 Å². The Hall–Kier alpha value is -4.64. The Labute approximate surface area is 232 Å². The van der Waals surface area contributed by atoms with E-state index >= 15 is 0 Å². The lowest BCUT2D eigenvalue weighted by atomic mass is 10.2. The van der Waals surface area contributed by atoms with E-state index < -0.39 is 22.5 Å². The zero-order chi connectivity index (χ0) is 28.9. The molecule has 3 aromatic carbocycles. The van der Waals surface area contributed by atoms with E-state index in [2.05, 4.69) is 10.5 Å². The lowest BCUT2D eigenvalue weighted by Gasteiger charge is -2.25. The topological polar surface area (TPSA) is 102 Å². The summed E-state index contributed by atoms with van der Waals surface area (Å²) < 4.78 is 54.2. The van der Waals surface area contributed by atoms with E-state index in [9.17, 15) is 17.6 Å². The molecule has 0 aliphatic carbocycles. The van der Waals surface area contributed by atoms with Gasteiger partial charge in [-0.25, -0.2) is 18.2 Å². The van der Waals surface area contributed by atoms with Crippen LogP contribution in [0.1, 0.15) is 17.0 Å². The average Bonchev–Trinajstić information content (AvgIpc) is 3.24. The van der Waals surface area contributed by atoms with E-state index in [-0.39, 0.29) is 22.1 Å². The van der Waals surface area contributed by atoms with Gasteiger partial charge in [0.05, 0.1) is 31.0 Å². The summed E-state index contributed by atoms with van der Waals surface area (Å²) in [5, 5.41) is 4.07. The van der Waals surface area contributed by atoms with Crippen molar-refractivity contribution in [2.75, 3.05) is 25.1 Å². The maximum absolute atomic E-state index is 13.6. The molecular weight excluding hydrogens is 535 g/mol. The number of halogens is 1. The van der Waals surface area contributed by atoms with Crippen LogP contribution in [0.3, 0.4) is 0 Å². The van der Waals surface area contributed by atoms with Crippen molar-refractivity contribution in [1.29, 1.82) is 0 Å². The first-order chi connectivity index (χ1) is 19.1. The van der Waals surface area contributed by atoms with Gasteiger partial charge in [0.2, 0.25) is 0 Å². The standard InChI is InChI=1S/C29H29FN4O5S/c1-20-16-22(21(2)34(20)24-12-10-23(30)11-13-24)18-31-32-29(35)19-33(40(36,37)26-8-6-5-7-9-26)27-15-14-25(38-3)17-28(27)39-4/h5-18H,19H2,1-4H3,(H,32,35)/b31-18-. The van der Waals surface area contributed by atoms with Crippen LogP contribution in [0.2, 0.25) is 0 Å². The summed E-state index contributed by atoms with van der Waals surface area (Å²) in [6.45, 7) is 3.22. The van der Waals surface area contributed by atoms with Gasteiger partial charge in [-0.15, -0.1) is 0 Å². The first-order valence-corrected chi connectivity index (χ1v) is 13.7. The van der Waals surface area contributed by atoms with Gasteiger partial charge >= 0.3 is 0 Å². The number of sulfonamides is 1. The van der Waals surface area contributed by atoms with E-state index in [1.807, 2.05) is 24.5 Å². The Morgan fingerprint density at radius 2 is 1.70 bits per heavy atom. The summed E-state index contributed by atoms with van der Waals surface area (Å²) >= 11 is 0. The Kier molecular flexibility index (Phi) is 8.54. The third-order valence-corrected chi connectivity index (χ3v) is 8.00. The zero-order valence-corrected chi connectivity index (χ0v) is 23.3. The third kappa shape index (κ3) is 5.99. The minimum Gasteiger partial charge on any atom is -0.497 e. The Balaban J connectivity index is 1.59. The third-order valence-electron chi connectivity index (χ3n) is 6.22. The van der Waals surface area contributed by atoms with Gasteiger partial charge < -0.3 is 14.0 Å². The Bertz CT molecular complexity index is 1640. The number of hydrazone groups is 1. The summed E-state index contributed by atoms with van der Waals surface area (Å²) in [5.74, 6) is -0.319. The van der Waals surface area contributed by atoms with E-state index in [4.69, 9.17) is 9.47 Å². The molecule has 1 amide bonds. The molecule has 1 N–H and O–H groups in total. The molecule has 40 heavy (non-hydrogen) atoms. The van der Waals surface area contributed by atoms with Crippen LogP contribution in [0.5, 0.6) is 11.5 Å². The monoisotopic (exact) mass is 564 g/mol. The SMILES string of the molecule is COc1ccc(N(CC(=O)N/N=C\c2cc(C)n(-c3ccc(F)cc3)c2C)S(=O)(=O)c2ccccc2)c(OC)c1. The van der Waals surface area contributed by atoms with Crippen molar-refractivity contribution in [2.24, 2.45) is 5.10 Å². The van der Waals surface area contributed by atoms with E-state index in [1.54, 1.807) is 36.4 Å². The number of nitrogens with zero attached hydrogens (tertiary/aromatic N) is 3. The number of benzene rings is 3. The van der Waals surface area contributed by atoms with Gasteiger partial charge in [0, 0.05) is 28.7 Å². The highest BCUT2D eigenvalue weighted by molar-refractivity contribution is 7.92. The molecule has 0 radical (unpaired) electrons. The highest BCUT2D eigenvalue weighted by Gasteiger charge is 2.29. The molecule has 0 saturated heterocycles. The molecule has 0 unspecified atom stereocenters. The molecular formula is C29H29FN4O5S. The highest BCUT2D eigenvalue weighted by atomic mass is 32.2. The van der Waals surface area contributed by atoms with Crippen LogP contribution in [-0.2, 0) is 14.8 Å². The molecule has 0 spiro atoms. The number of aryl methyl sites for hydroxylation is 1. The quantitative estimate of drug-likeness (QED) is 0.224. The molecule has 0 aliphatic heterocycles. The van der Waals surface area contributed by atoms with Crippen LogP contribution in [0.4, 0.5) is 10.1 Å². The van der Waals surface area contributed by atoms with E-state index in [1.165, 1.54) is 56.8 Å². The van der Waals surface area contributed by atoms with Crippen molar-refractivity contribution >= 4 is 27.8 Å². The molecule has 9 nitrogen and oxygen atoms in total. The molecule has 1 aromatic heterocycles. The minimum atomic E-state index is -4.15. The van der Waals surface area contributed by atoms with Gasteiger partial charge in [-0.05, 0) is 68.4 Å². The lowest BCUT2D eigenvalue weighted by Crippen LogP contribution is -2.39. The second-order valence-corrected chi connectivity index (χ2v) is 10.7. The largest absolute Gasteiger partial charge is 0.497 e. The van der Waals surface area contributed by atoms with Crippen molar-refractivity contribution < 1.29 is 27.1 Å². The van der Waals surface area contributed by atoms with Crippen LogP contribution < -0.4 is 19.2 Å². The molecule has 0 aliphatic rings. The van der Waals surface area contributed by atoms with Gasteiger partial charge in [0.25, 0.3) is 15.9 Å². The second-order valence-electron chi connectivity index (χ2n) is 8.79. The van der Waals surface area contributed by atoms with Crippen molar-refractivity contribution in [3.8, 4) is 17.2 Å². The summed E-state index contributed by atoms with van der Waals surface area (Å²) in [7, 11) is -1.27. The molecule has 0 bridgehead atoms. The molecule has 0 fully saturated rings. The number of ether oxygens (including phenoxy) is 2. The first-order valence-electron chi connectivity index (χ1n) is 12.2. The fourth-order valence-corrected chi connectivity index (χ4v) is 5.71.